The van der Waals surface area contributed by atoms with Crippen molar-refractivity contribution in [3.63, 3.8) is 0 Å². The molecule has 1 aromatic carbocycles. The molecule has 0 saturated carbocycles. The van der Waals surface area contributed by atoms with E-state index in [4.69, 9.17) is 19.9 Å². The second-order valence-electron chi connectivity index (χ2n) is 5.44. The van der Waals surface area contributed by atoms with Crippen LogP contribution in [0.3, 0.4) is 0 Å². The molecule has 0 amide bonds. The van der Waals surface area contributed by atoms with Gasteiger partial charge in [-0.05, 0) is 37.1 Å². The summed E-state index contributed by atoms with van der Waals surface area (Å²) in [6, 6.07) is 5.93. The van der Waals surface area contributed by atoms with Crippen LogP contribution in [-0.4, -0.2) is 46.8 Å². The van der Waals surface area contributed by atoms with Gasteiger partial charge in [0.1, 0.15) is 12.4 Å². The first-order chi connectivity index (χ1) is 11.5. The van der Waals surface area contributed by atoms with E-state index in [1.807, 2.05) is 0 Å². The molecule has 0 bridgehead atoms. The molecule has 6 nitrogen and oxygen atoms in total. The molecule has 1 aliphatic heterocycles. The second-order valence-corrected chi connectivity index (χ2v) is 7.38. The second kappa shape index (κ2) is 9.12. The van der Waals surface area contributed by atoms with Crippen molar-refractivity contribution in [2.75, 3.05) is 32.3 Å². The number of rotatable bonds is 8. The highest BCUT2D eigenvalue weighted by Gasteiger charge is 2.20. The SMILES string of the molecule is NC/C(=C\F)COc1ccc(S(=O)(=O)COC2CCOCC2)cc1. The summed E-state index contributed by atoms with van der Waals surface area (Å²) in [6.07, 6.45) is 1.73. The zero-order chi connectivity index (χ0) is 17.4. The highest BCUT2D eigenvalue weighted by atomic mass is 32.2. The molecule has 0 aliphatic carbocycles. The summed E-state index contributed by atoms with van der Waals surface area (Å²) in [7, 11) is -3.53. The Bertz CT molecular complexity index is 639. The van der Waals surface area contributed by atoms with Crippen LogP contribution in [0.25, 0.3) is 0 Å². The Labute approximate surface area is 141 Å². The molecule has 1 aromatic rings. The van der Waals surface area contributed by atoms with E-state index in [-0.39, 0.29) is 30.1 Å². The van der Waals surface area contributed by atoms with Crippen LogP contribution in [0, 0.1) is 0 Å². The van der Waals surface area contributed by atoms with Gasteiger partial charge < -0.3 is 19.9 Å². The first-order valence-corrected chi connectivity index (χ1v) is 9.33. The van der Waals surface area contributed by atoms with Crippen LogP contribution in [-0.2, 0) is 19.3 Å². The van der Waals surface area contributed by atoms with E-state index >= 15 is 0 Å². The number of sulfone groups is 1. The Morgan fingerprint density at radius 2 is 1.96 bits per heavy atom. The Kier molecular flexibility index (Phi) is 7.16. The Balaban J connectivity index is 1.90. The van der Waals surface area contributed by atoms with Crippen molar-refractivity contribution >= 4 is 9.84 Å². The predicted molar refractivity (Wildman–Crippen MR) is 87.2 cm³/mol. The molecule has 1 saturated heterocycles. The lowest BCUT2D eigenvalue weighted by molar-refractivity contribution is -0.0168. The van der Waals surface area contributed by atoms with Gasteiger partial charge in [-0.2, -0.15) is 0 Å². The molecule has 0 radical (unpaired) electrons. The zero-order valence-electron chi connectivity index (χ0n) is 13.3. The van der Waals surface area contributed by atoms with E-state index < -0.39 is 9.84 Å². The number of benzene rings is 1. The van der Waals surface area contributed by atoms with Gasteiger partial charge in [0.05, 0.1) is 17.3 Å². The molecule has 8 heteroatoms. The molecule has 1 fully saturated rings. The third kappa shape index (κ3) is 5.55. The summed E-state index contributed by atoms with van der Waals surface area (Å²) in [5, 5.41) is 0. The van der Waals surface area contributed by atoms with Crippen LogP contribution < -0.4 is 10.5 Å². The average molecular weight is 359 g/mol. The number of nitrogens with two attached hydrogens (primary N) is 1. The molecule has 134 valence electrons. The van der Waals surface area contributed by atoms with Gasteiger partial charge in [-0.1, -0.05) is 0 Å². The number of hydrogen-bond acceptors (Lipinski definition) is 6. The van der Waals surface area contributed by atoms with Gasteiger partial charge in [0.15, 0.2) is 5.94 Å². The molecule has 0 spiro atoms. The van der Waals surface area contributed by atoms with Gasteiger partial charge in [-0.25, -0.2) is 12.8 Å². The lowest BCUT2D eigenvalue weighted by Crippen LogP contribution is -2.26. The van der Waals surface area contributed by atoms with Crippen molar-refractivity contribution in [1.29, 1.82) is 0 Å². The van der Waals surface area contributed by atoms with Crippen LogP contribution in [0.2, 0.25) is 0 Å². The molecule has 0 aromatic heterocycles. The van der Waals surface area contributed by atoms with E-state index in [2.05, 4.69) is 0 Å². The van der Waals surface area contributed by atoms with E-state index in [9.17, 15) is 12.8 Å². The lowest BCUT2D eigenvalue weighted by Gasteiger charge is -2.22. The maximum absolute atomic E-state index is 12.4. The molecule has 2 N–H and O–H groups in total. The van der Waals surface area contributed by atoms with Gasteiger partial charge in [0.25, 0.3) is 0 Å². The summed E-state index contributed by atoms with van der Waals surface area (Å²) in [5.41, 5.74) is 5.65. The van der Waals surface area contributed by atoms with E-state index in [1.54, 1.807) is 0 Å². The quantitative estimate of drug-likeness (QED) is 0.762. The summed E-state index contributed by atoms with van der Waals surface area (Å²) < 4.78 is 53.0. The molecule has 24 heavy (non-hydrogen) atoms. The summed E-state index contributed by atoms with van der Waals surface area (Å²) in [4.78, 5) is 0.155. The van der Waals surface area contributed by atoms with Crippen molar-refractivity contribution < 1.29 is 27.0 Å². The number of halogens is 1. The standard InChI is InChI=1S/C16H22FNO5S/c17-9-13(10-18)11-22-14-1-3-16(4-2-14)24(19,20)12-23-15-5-7-21-8-6-15/h1-4,9,15H,5-8,10-12,18H2/b13-9+. The maximum atomic E-state index is 12.4. The highest BCUT2D eigenvalue weighted by Crippen LogP contribution is 2.19. The summed E-state index contributed by atoms with van der Waals surface area (Å²) >= 11 is 0. The van der Waals surface area contributed by atoms with Crippen LogP contribution >= 0.6 is 0 Å². The fraction of sp³-hybridized carbons (Fsp3) is 0.500. The third-order valence-electron chi connectivity index (χ3n) is 3.65. The van der Waals surface area contributed by atoms with Gasteiger partial charge in [-0.3, -0.25) is 0 Å². The molecule has 1 heterocycles. The molecular formula is C16H22FNO5S. The van der Waals surface area contributed by atoms with E-state index in [0.29, 0.717) is 43.7 Å². The van der Waals surface area contributed by atoms with Crippen LogP contribution in [0.1, 0.15) is 12.8 Å². The molecule has 2 rings (SSSR count). The predicted octanol–water partition coefficient (Wildman–Crippen LogP) is 1.80. The molecule has 0 unspecified atom stereocenters. The first kappa shape index (κ1) is 18.9. The topological polar surface area (TPSA) is 87.9 Å². The van der Waals surface area contributed by atoms with Crippen molar-refractivity contribution in [3.8, 4) is 5.75 Å². The Morgan fingerprint density at radius 1 is 1.29 bits per heavy atom. The smallest absolute Gasteiger partial charge is 0.202 e. The van der Waals surface area contributed by atoms with Gasteiger partial charge in [0.2, 0.25) is 9.84 Å². The monoisotopic (exact) mass is 359 g/mol. The van der Waals surface area contributed by atoms with Crippen molar-refractivity contribution in [2.45, 2.75) is 23.8 Å². The molecule has 0 atom stereocenters. The van der Waals surface area contributed by atoms with Gasteiger partial charge in [-0.15, -0.1) is 0 Å². The summed E-state index contributed by atoms with van der Waals surface area (Å²) in [6.45, 7) is 1.27. The summed E-state index contributed by atoms with van der Waals surface area (Å²) in [5.74, 6) is 0.0758. The molecule has 1 aliphatic rings. The normalized spacial score (nSPS) is 17.0. The van der Waals surface area contributed by atoms with Crippen molar-refractivity contribution in [1.82, 2.24) is 0 Å². The van der Waals surface area contributed by atoms with Gasteiger partial charge >= 0.3 is 0 Å². The minimum atomic E-state index is -3.53. The first-order valence-electron chi connectivity index (χ1n) is 7.68. The average Bonchev–Trinajstić information content (AvgIpc) is 2.62. The van der Waals surface area contributed by atoms with Crippen molar-refractivity contribution in [3.05, 3.63) is 36.2 Å². The third-order valence-corrected chi connectivity index (χ3v) is 5.09. The van der Waals surface area contributed by atoms with E-state index in [1.165, 1.54) is 24.3 Å². The number of hydrogen-bond donors (Lipinski definition) is 1. The van der Waals surface area contributed by atoms with Crippen molar-refractivity contribution in [2.24, 2.45) is 5.73 Å². The Morgan fingerprint density at radius 3 is 2.54 bits per heavy atom. The highest BCUT2D eigenvalue weighted by molar-refractivity contribution is 7.91. The fourth-order valence-corrected chi connectivity index (χ4v) is 3.21. The molecular weight excluding hydrogens is 337 g/mol. The minimum Gasteiger partial charge on any atom is -0.489 e. The van der Waals surface area contributed by atoms with Crippen LogP contribution in [0.4, 0.5) is 4.39 Å². The largest absolute Gasteiger partial charge is 0.489 e. The minimum absolute atomic E-state index is 0.0198. The maximum Gasteiger partial charge on any atom is 0.202 e. The van der Waals surface area contributed by atoms with Crippen LogP contribution in [0.5, 0.6) is 5.75 Å². The van der Waals surface area contributed by atoms with Gasteiger partial charge in [0, 0.05) is 25.3 Å². The zero-order valence-corrected chi connectivity index (χ0v) is 14.1. The van der Waals surface area contributed by atoms with Crippen LogP contribution in [0.15, 0.2) is 41.1 Å². The Hall–Kier alpha value is -1.48. The lowest BCUT2D eigenvalue weighted by atomic mass is 10.2. The fourth-order valence-electron chi connectivity index (χ4n) is 2.15. The van der Waals surface area contributed by atoms with E-state index in [0.717, 1.165) is 0 Å². The number of ether oxygens (including phenoxy) is 3.